The predicted octanol–water partition coefficient (Wildman–Crippen LogP) is 3.26. The lowest BCUT2D eigenvalue weighted by Gasteiger charge is -2.19. The van der Waals surface area contributed by atoms with Gasteiger partial charge in [-0.3, -0.25) is 9.59 Å². The van der Waals surface area contributed by atoms with E-state index in [4.69, 9.17) is 5.11 Å². The van der Waals surface area contributed by atoms with Gasteiger partial charge in [0.2, 0.25) is 0 Å². The minimum atomic E-state index is -1.07. The number of carbonyl (C=O) groups is 3. The van der Waals surface area contributed by atoms with Gasteiger partial charge in [0.25, 0.3) is 11.8 Å². The second-order valence-electron chi connectivity index (χ2n) is 4.92. The average molecular weight is 360 g/mol. The summed E-state index contributed by atoms with van der Waals surface area (Å²) in [6.45, 7) is 1.66. The molecule has 110 valence electrons. The number of aryl methyl sites for hydroxylation is 1. The van der Waals surface area contributed by atoms with Gasteiger partial charge in [0.15, 0.2) is 0 Å². The lowest BCUT2D eigenvalue weighted by molar-refractivity contribution is 0.0696. The molecular formula is C16H10BrNO4. The Balaban J connectivity index is 2.16. The monoisotopic (exact) mass is 359 g/mol. The molecule has 1 aliphatic rings. The van der Waals surface area contributed by atoms with E-state index in [1.807, 2.05) is 0 Å². The summed E-state index contributed by atoms with van der Waals surface area (Å²) in [7, 11) is 0. The number of amides is 2. The zero-order valence-electron chi connectivity index (χ0n) is 11.5. The first-order valence-corrected chi connectivity index (χ1v) is 7.22. The Morgan fingerprint density at radius 3 is 2.09 bits per heavy atom. The predicted molar refractivity (Wildman–Crippen MR) is 83.4 cm³/mol. The molecular weight excluding hydrogens is 350 g/mol. The van der Waals surface area contributed by atoms with Crippen molar-refractivity contribution in [2.75, 3.05) is 4.90 Å². The zero-order valence-corrected chi connectivity index (χ0v) is 13.0. The van der Waals surface area contributed by atoms with Crippen LogP contribution in [-0.2, 0) is 0 Å². The van der Waals surface area contributed by atoms with Crippen molar-refractivity contribution in [2.24, 2.45) is 0 Å². The topological polar surface area (TPSA) is 74.7 Å². The number of anilines is 1. The molecule has 1 aliphatic heterocycles. The first-order valence-electron chi connectivity index (χ1n) is 6.43. The van der Waals surface area contributed by atoms with Gasteiger partial charge < -0.3 is 5.11 Å². The fourth-order valence-electron chi connectivity index (χ4n) is 2.54. The van der Waals surface area contributed by atoms with Crippen LogP contribution in [0.2, 0.25) is 0 Å². The molecule has 0 spiro atoms. The van der Waals surface area contributed by atoms with Crippen LogP contribution < -0.4 is 4.90 Å². The van der Waals surface area contributed by atoms with Crippen LogP contribution in [0.15, 0.2) is 40.9 Å². The Morgan fingerprint density at radius 2 is 1.64 bits per heavy atom. The molecule has 0 unspecified atom stereocenters. The van der Waals surface area contributed by atoms with Crippen LogP contribution >= 0.6 is 15.9 Å². The maximum Gasteiger partial charge on any atom is 0.335 e. The quantitative estimate of drug-likeness (QED) is 0.835. The molecule has 2 aromatic carbocycles. The number of aromatic carboxylic acids is 1. The highest BCUT2D eigenvalue weighted by molar-refractivity contribution is 9.10. The number of nitrogens with zero attached hydrogens (tertiary/aromatic N) is 1. The number of hydrogen-bond donors (Lipinski definition) is 1. The van der Waals surface area contributed by atoms with Crippen LogP contribution in [-0.4, -0.2) is 22.9 Å². The summed E-state index contributed by atoms with van der Waals surface area (Å²) >= 11 is 3.27. The Morgan fingerprint density at radius 1 is 1.09 bits per heavy atom. The summed E-state index contributed by atoms with van der Waals surface area (Å²) in [5.41, 5.74) is 1.68. The lowest BCUT2D eigenvalue weighted by Crippen LogP contribution is -2.30. The molecule has 2 amide bonds. The van der Waals surface area contributed by atoms with Gasteiger partial charge in [-0.2, -0.15) is 0 Å². The minimum Gasteiger partial charge on any atom is -0.478 e. The number of fused-ring (bicyclic) bond motifs is 1. The second-order valence-corrected chi connectivity index (χ2v) is 5.77. The van der Waals surface area contributed by atoms with E-state index in [0.717, 1.165) is 4.90 Å². The molecule has 0 bridgehead atoms. The Hall–Kier alpha value is -2.47. The molecule has 0 aliphatic carbocycles. The van der Waals surface area contributed by atoms with Gasteiger partial charge in [0, 0.05) is 4.47 Å². The third-order valence-electron chi connectivity index (χ3n) is 3.52. The van der Waals surface area contributed by atoms with Gasteiger partial charge in [-0.05, 0) is 52.7 Å². The molecule has 0 aromatic heterocycles. The summed E-state index contributed by atoms with van der Waals surface area (Å²) in [6, 6.07) is 9.42. The van der Waals surface area contributed by atoms with Crippen molar-refractivity contribution >= 4 is 39.4 Å². The summed E-state index contributed by atoms with van der Waals surface area (Å²) in [5, 5.41) is 9.07. The van der Waals surface area contributed by atoms with E-state index in [0.29, 0.717) is 26.9 Å². The Labute approximate surface area is 134 Å². The first kappa shape index (κ1) is 14.5. The van der Waals surface area contributed by atoms with Gasteiger partial charge in [0.1, 0.15) is 0 Å². The van der Waals surface area contributed by atoms with Gasteiger partial charge in [0.05, 0.1) is 22.4 Å². The van der Waals surface area contributed by atoms with Crippen molar-refractivity contribution in [1.29, 1.82) is 0 Å². The smallest absolute Gasteiger partial charge is 0.335 e. The maximum atomic E-state index is 12.5. The van der Waals surface area contributed by atoms with Gasteiger partial charge >= 0.3 is 5.97 Å². The van der Waals surface area contributed by atoms with Crippen LogP contribution in [0.3, 0.4) is 0 Å². The number of benzene rings is 2. The summed E-state index contributed by atoms with van der Waals surface area (Å²) in [5.74, 6) is -1.89. The highest BCUT2D eigenvalue weighted by Gasteiger charge is 2.38. The maximum absolute atomic E-state index is 12.5. The standard InChI is InChI=1S/C16H10BrNO4/c1-8-6-9(16(21)22)7-12(17)13(8)18-14(19)10-4-2-3-5-11(10)15(18)20/h2-7H,1H3,(H,21,22). The Bertz CT molecular complexity index is 786. The van der Waals surface area contributed by atoms with E-state index in [2.05, 4.69) is 15.9 Å². The minimum absolute atomic E-state index is 0.0877. The molecule has 0 radical (unpaired) electrons. The Kier molecular flexibility index (Phi) is 3.33. The van der Waals surface area contributed by atoms with Gasteiger partial charge in [-0.25, -0.2) is 9.69 Å². The molecule has 0 saturated carbocycles. The molecule has 3 rings (SSSR count). The fourth-order valence-corrected chi connectivity index (χ4v) is 3.27. The van der Waals surface area contributed by atoms with Gasteiger partial charge in [-0.15, -0.1) is 0 Å². The van der Waals surface area contributed by atoms with Crippen molar-refractivity contribution in [3.63, 3.8) is 0 Å². The first-order chi connectivity index (χ1) is 10.4. The van der Waals surface area contributed by atoms with Crippen molar-refractivity contribution in [3.8, 4) is 0 Å². The molecule has 22 heavy (non-hydrogen) atoms. The van der Waals surface area contributed by atoms with Crippen LogP contribution in [0.5, 0.6) is 0 Å². The number of carboxylic acids is 1. The normalized spacial score (nSPS) is 13.5. The van der Waals surface area contributed by atoms with E-state index in [1.165, 1.54) is 12.1 Å². The van der Waals surface area contributed by atoms with Crippen molar-refractivity contribution in [3.05, 3.63) is 63.1 Å². The molecule has 6 heteroatoms. The van der Waals surface area contributed by atoms with E-state index >= 15 is 0 Å². The molecule has 0 fully saturated rings. The van der Waals surface area contributed by atoms with Crippen molar-refractivity contribution in [2.45, 2.75) is 6.92 Å². The largest absolute Gasteiger partial charge is 0.478 e. The van der Waals surface area contributed by atoms with Crippen LogP contribution in [0.1, 0.15) is 36.6 Å². The number of carbonyl (C=O) groups excluding carboxylic acids is 2. The summed E-state index contributed by atoms with van der Waals surface area (Å²) < 4.78 is 0.388. The van der Waals surface area contributed by atoms with E-state index in [9.17, 15) is 14.4 Å². The number of hydrogen-bond acceptors (Lipinski definition) is 3. The van der Waals surface area contributed by atoms with Crippen LogP contribution in [0, 0.1) is 6.92 Å². The number of rotatable bonds is 2. The SMILES string of the molecule is Cc1cc(C(=O)O)cc(Br)c1N1C(=O)c2ccccc2C1=O. The van der Waals surface area contributed by atoms with E-state index in [1.54, 1.807) is 31.2 Å². The third kappa shape index (κ3) is 2.03. The molecule has 1 N–H and O–H groups in total. The van der Waals surface area contributed by atoms with E-state index in [-0.39, 0.29) is 5.56 Å². The molecule has 5 nitrogen and oxygen atoms in total. The molecule has 0 saturated heterocycles. The van der Waals surface area contributed by atoms with Crippen LogP contribution in [0.25, 0.3) is 0 Å². The van der Waals surface area contributed by atoms with Crippen molar-refractivity contribution in [1.82, 2.24) is 0 Å². The average Bonchev–Trinajstić information content (AvgIpc) is 2.72. The van der Waals surface area contributed by atoms with Crippen molar-refractivity contribution < 1.29 is 19.5 Å². The summed E-state index contributed by atoms with van der Waals surface area (Å²) in [4.78, 5) is 37.2. The van der Waals surface area contributed by atoms with Crippen LogP contribution in [0.4, 0.5) is 5.69 Å². The fraction of sp³-hybridized carbons (Fsp3) is 0.0625. The van der Waals surface area contributed by atoms with Gasteiger partial charge in [-0.1, -0.05) is 12.1 Å². The number of imide groups is 1. The number of halogens is 1. The van der Waals surface area contributed by atoms with E-state index < -0.39 is 17.8 Å². The second kappa shape index (κ2) is 5.06. The highest BCUT2D eigenvalue weighted by Crippen LogP contribution is 2.36. The zero-order chi connectivity index (χ0) is 16.0. The number of carboxylic acid groups (broad SMARTS) is 1. The highest BCUT2D eigenvalue weighted by atomic mass is 79.9. The molecule has 1 heterocycles. The molecule has 0 atom stereocenters. The third-order valence-corrected chi connectivity index (χ3v) is 4.12. The summed E-state index contributed by atoms with van der Waals surface area (Å²) in [6.07, 6.45) is 0. The lowest BCUT2D eigenvalue weighted by atomic mass is 10.1. The molecule has 2 aromatic rings.